The summed E-state index contributed by atoms with van der Waals surface area (Å²) in [7, 11) is 3.09. The fraction of sp³-hybridized carbons (Fsp3) is 0.300. The Morgan fingerprint density at radius 1 is 0.885 bits per heavy atom. The average Bonchev–Trinajstić information content (AvgIpc) is 2.68. The minimum Gasteiger partial charge on any atom is -0.493 e. The van der Waals surface area contributed by atoms with Gasteiger partial charge >= 0.3 is 0 Å². The third kappa shape index (κ3) is 4.99. The SMILES string of the molecule is CCCCNC(=O)c1ccc(C(=O)Nc2ccc(OC)c(OC)c2)cc1. The van der Waals surface area contributed by atoms with Crippen molar-refractivity contribution in [1.29, 1.82) is 0 Å². The molecule has 0 spiro atoms. The van der Waals surface area contributed by atoms with Gasteiger partial charge in [-0.3, -0.25) is 9.59 Å². The minimum atomic E-state index is -0.268. The number of hydrogen-bond donors (Lipinski definition) is 2. The molecule has 0 saturated carbocycles. The van der Waals surface area contributed by atoms with Gasteiger partial charge in [0.25, 0.3) is 11.8 Å². The van der Waals surface area contributed by atoms with Crippen LogP contribution in [0, 0.1) is 0 Å². The fourth-order valence-electron chi connectivity index (χ4n) is 2.37. The van der Waals surface area contributed by atoms with E-state index in [2.05, 4.69) is 17.6 Å². The summed E-state index contributed by atoms with van der Waals surface area (Å²) in [6.45, 7) is 2.72. The van der Waals surface area contributed by atoms with E-state index in [1.807, 2.05) is 0 Å². The maximum atomic E-state index is 12.4. The van der Waals surface area contributed by atoms with E-state index in [0.717, 1.165) is 12.8 Å². The molecule has 2 aromatic carbocycles. The summed E-state index contributed by atoms with van der Waals surface area (Å²) in [5.41, 5.74) is 1.59. The predicted molar refractivity (Wildman–Crippen MR) is 101 cm³/mol. The van der Waals surface area contributed by atoms with Gasteiger partial charge in [0.2, 0.25) is 0 Å². The van der Waals surface area contributed by atoms with E-state index in [9.17, 15) is 9.59 Å². The molecule has 26 heavy (non-hydrogen) atoms. The molecule has 2 aromatic rings. The second-order valence-corrected chi connectivity index (χ2v) is 5.71. The number of methoxy groups -OCH3 is 2. The van der Waals surface area contributed by atoms with E-state index >= 15 is 0 Å². The van der Waals surface area contributed by atoms with Crippen molar-refractivity contribution in [3.8, 4) is 11.5 Å². The number of nitrogens with one attached hydrogen (secondary N) is 2. The van der Waals surface area contributed by atoms with Crippen LogP contribution < -0.4 is 20.1 Å². The van der Waals surface area contributed by atoms with Crippen LogP contribution in [0.2, 0.25) is 0 Å². The first kappa shape index (κ1) is 19.3. The normalized spacial score (nSPS) is 10.1. The molecule has 6 nitrogen and oxygen atoms in total. The van der Waals surface area contributed by atoms with E-state index in [1.54, 1.807) is 49.6 Å². The van der Waals surface area contributed by atoms with Gasteiger partial charge in [0.1, 0.15) is 0 Å². The number of ether oxygens (including phenoxy) is 2. The molecule has 0 unspecified atom stereocenters. The van der Waals surface area contributed by atoms with E-state index < -0.39 is 0 Å². The summed E-state index contributed by atoms with van der Waals surface area (Å²) in [4.78, 5) is 24.4. The van der Waals surface area contributed by atoms with E-state index in [1.165, 1.54) is 7.11 Å². The van der Waals surface area contributed by atoms with Gasteiger partial charge in [0, 0.05) is 29.4 Å². The minimum absolute atomic E-state index is 0.134. The van der Waals surface area contributed by atoms with Gasteiger partial charge in [0.05, 0.1) is 14.2 Å². The van der Waals surface area contributed by atoms with Crippen LogP contribution in [-0.4, -0.2) is 32.6 Å². The predicted octanol–water partition coefficient (Wildman–Crippen LogP) is 3.49. The lowest BCUT2D eigenvalue weighted by Gasteiger charge is -2.11. The lowest BCUT2D eigenvalue weighted by Crippen LogP contribution is -2.24. The number of hydrogen-bond acceptors (Lipinski definition) is 4. The standard InChI is InChI=1S/C20H24N2O4/c1-4-5-12-21-19(23)14-6-8-15(9-7-14)20(24)22-16-10-11-17(25-2)18(13-16)26-3/h6-11,13H,4-5,12H2,1-3H3,(H,21,23)(H,22,24). The smallest absolute Gasteiger partial charge is 0.255 e. The Hall–Kier alpha value is -3.02. The Morgan fingerprint density at radius 3 is 2.08 bits per heavy atom. The summed E-state index contributed by atoms with van der Waals surface area (Å²) in [6.07, 6.45) is 1.97. The molecule has 0 aromatic heterocycles. The molecule has 6 heteroatoms. The molecular weight excluding hydrogens is 332 g/mol. The van der Waals surface area contributed by atoms with Crippen molar-refractivity contribution in [3.63, 3.8) is 0 Å². The molecule has 0 radical (unpaired) electrons. The number of anilines is 1. The molecule has 2 N–H and O–H groups in total. The Bertz CT molecular complexity index is 757. The molecule has 0 aliphatic rings. The zero-order valence-electron chi connectivity index (χ0n) is 15.3. The molecule has 0 aliphatic heterocycles. The lowest BCUT2D eigenvalue weighted by atomic mass is 10.1. The number of unbranched alkanes of at least 4 members (excludes halogenated alkanes) is 1. The summed E-state index contributed by atoms with van der Waals surface area (Å²) in [5.74, 6) is 0.716. The van der Waals surface area contributed by atoms with Crippen LogP contribution in [0.3, 0.4) is 0 Å². The molecular formula is C20H24N2O4. The number of carbonyl (C=O) groups excluding carboxylic acids is 2. The first-order chi connectivity index (χ1) is 12.6. The molecule has 0 fully saturated rings. The number of carbonyl (C=O) groups is 2. The summed E-state index contributed by atoms with van der Waals surface area (Å²) < 4.78 is 10.4. The number of rotatable bonds is 8. The molecule has 0 heterocycles. The van der Waals surface area contributed by atoms with Crippen molar-refractivity contribution in [1.82, 2.24) is 5.32 Å². The van der Waals surface area contributed by atoms with Crippen molar-refractivity contribution in [3.05, 3.63) is 53.6 Å². The van der Waals surface area contributed by atoms with Crippen molar-refractivity contribution < 1.29 is 19.1 Å². The van der Waals surface area contributed by atoms with Gasteiger partial charge < -0.3 is 20.1 Å². The topological polar surface area (TPSA) is 76.7 Å². The number of amides is 2. The maximum Gasteiger partial charge on any atom is 0.255 e. The summed E-state index contributed by atoms with van der Waals surface area (Å²) in [6, 6.07) is 11.7. The highest BCUT2D eigenvalue weighted by Crippen LogP contribution is 2.29. The average molecular weight is 356 g/mol. The highest BCUT2D eigenvalue weighted by Gasteiger charge is 2.11. The Morgan fingerprint density at radius 2 is 1.50 bits per heavy atom. The molecule has 2 rings (SSSR count). The van der Waals surface area contributed by atoms with Crippen molar-refractivity contribution in [2.75, 3.05) is 26.1 Å². The van der Waals surface area contributed by atoms with Crippen LogP contribution in [0.5, 0.6) is 11.5 Å². The van der Waals surface area contributed by atoms with Crippen LogP contribution in [0.1, 0.15) is 40.5 Å². The fourth-order valence-corrected chi connectivity index (χ4v) is 2.37. The second-order valence-electron chi connectivity index (χ2n) is 5.71. The van der Waals surface area contributed by atoms with E-state index in [-0.39, 0.29) is 11.8 Å². The molecule has 0 saturated heterocycles. The molecule has 0 aliphatic carbocycles. The van der Waals surface area contributed by atoms with Gasteiger partial charge in [-0.25, -0.2) is 0 Å². The van der Waals surface area contributed by atoms with Crippen LogP contribution in [0.15, 0.2) is 42.5 Å². The Balaban J connectivity index is 2.02. The molecule has 138 valence electrons. The molecule has 0 bridgehead atoms. The Labute approximate surface area is 153 Å². The van der Waals surface area contributed by atoms with Crippen LogP contribution >= 0.6 is 0 Å². The maximum absolute atomic E-state index is 12.4. The lowest BCUT2D eigenvalue weighted by molar-refractivity contribution is 0.0951. The van der Waals surface area contributed by atoms with Gasteiger partial charge in [-0.1, -0.05) is 13.3 Å². The first-order valence-corrected chi connectivity index (χ1v) is 8.50. The van der Waals surface area contributed by atoms with Gasteiger partial charge in [0.15, 0.2) is 11.5 Å². The Kier molecular flexibility index (Phi) is 7.02. The zero-order chi connectivity index (χ0) is 18.9. The van der Waals surface area contributed by atoms with Crippen LogP contribution in [-0.2, 0) is 0 Å². The highest BCUT2D eigenvalue weighted by atomic mass is 16.5. The molecule has 2 amide bonds. The zero-order valence-corrected chi connectivity index (χ0v) is 15.3. The van der Waals surface area contributed by atoms with Crippen molar-refractivity contribution in [2.24, 2.45) is 0 Å². The second kappa shape index (κ2) is 9.46. The van der Waals surface area contributed by atoms with Gasteiger partial charge in [-0.15, -0.1) is 0 Å². The third-order valence-electron chi connectivity index (χ3n) is 3.87. The van der Waals surface area contributed by atoms with Gasteiger partial charge in [-0.2, -0.15) is 0 Å². The number of benzene rings is 2. The van der Waals surface area contributed by atoms with Crippen molar-refractivity contribution >= 4 is 17.5 Å². The molecule has 0 atom stereocenters. The largest absolute Gasteiger partial charge is 0.493 e. The summed E-state index contributed by atoms with van der Waals surface area (Å²) in [5, 5.41) is 5.65. The third-order valence-corrected chi connectivity index (χ3v) is 3.87. The van der Waals surface area contributed by atoms with Gasteiger partial charge in [-0.05, 0) is 42.8 Å². The monoisotopic (exact) mass is 356 g/mol. The van der Waals surface area contributed by atoms with E-state index in [0.29, 0.717) is 34.9 Å². The quantitative estimate of drug-likeness (QED) is 0.710. The van der Waals surface area contributed by atoms with Crippen molar-refractivity contribution in [2.45, 2.75) is 19.8 Å². The first-order valence-electron chi connectivity index (χ1n) is 8.50. The van der Waals surface area contributed by atoms with Crippen LogP contribution in [0.25, 0.3) is 0 Å². The van der Waals surface area contributed by atoms with Crippen LogP contribution in [0.4, 0.5) is 5.69 Å². The highest BCUT2D eigenvalue weighted by molar-refractivity contribution is 6.05. The van der Waals surface area contributed by atoms with E-state index in [4.69, 9.17) is 9.47 Å². The summed E-state index contributed by atoms with van der Waals surface area (Å²) >= 11 is 0.